The Hall–Kier alpha value is -3.63. The number of allylic oxidation sites excluding steroid dienone is 1. The summed E-state index contributed by atoms with van der Waals surface area (Å²) < 4.78 is 43.9. The number of likely N-dealkylation sites (N-methyl/N-ethyl adjacent to an activating group) is 1. The summed E-state index contributed by atoms with van der Waals surface area (Å²) in [5, 5.41) is 0. The van der Waals surface area contributed by atoms with Gasteiger partial charge in [-0.3, -0.25) is 9.79 Å². The van der Waals surface area contributed by atoms with Gasteiger partial charge in [-0.05, 0) is 57.5 Å². The maximum atomic E-state index is 15.5. The number of hydrogen-bond acceptors (Lipinski definition) is 7. The third kappa shape index (κ3) is 5.44. The average molecular weight is 538 g/mol. The van der Waals surface area contributed by atoms with Crippen LogP contribution >= 0.6 is 0 Å². The van der Waals surface area contributed by atoms with E-state index >= 15 is 8.78 Å². The second-order valence-electron chi connectivity index (χ2n) is 10.3. The van der Waals surface area contributed by atoms with Gasteiger partial charge in [0.2, 0.25) is 0 Å². The summed E-state index contributed by atoms with van der Waals surface area (Å²) in [4.78, 5) is 23.2. The molecule has 0 amide bonds. The van der Waals surface area contributed by atoms with Crippen molar-refractivity contribution in [1.82, 2.24) is 14.3 Å². The van der Waals surface area contributed by atoms with Crippen molar-refractivity contribution in [3.8, 4) is 11.3 Å². The van der Waals surface area contributed by atoms with Crippen molar-refractivity contribution in [3.05, 3.63) is 65.1 Å². The van der Waals surface area contributed by atoms with Gasteiger partial charge in [-0.2, -0.15) is 0 Å². The molecule has 2 fully saturated rings. The van der Waals surface area contributed by atoms with Crippen molar-refractivity contribution >= 4 is 23.5 Å². The number of pyridine rings is 1. The van der Waals surface area contributed by atoms with Crippen molar-refractivity contribution in [1.29, 1.82) is 0 Å². The van der Waals surface area contributed by atoms with Crippen molar-refractivity contribution in [2.24, 2.45) is 16.1 Å². The molecule has 1 aliphatic carbocycles. The molecule has 1 saturated heterocycles. The topological polar surface area (TPSA) is 94.5 Å². The van der Waals surface area contributed by atoms with Gasteiger partial charge in [0.05, 0.1) is 42.0 Å². The van der Waals surface area contributed by atoms with Gasteiger partial charge >= 0.3 is 5.97 Å². The Morgan fingerprint density at radius 3 is 2.72 bits per heavy atom. The van der Waals surface area contributed by atoms with E-state index in [4.69, 9.17) is 15.2 Å². The number of carbonyl (C=O) groups excluding carboxylic acids is 1. The highest BCUT2D eigenvalue weighted by Crippen LogP contribution is 2.51. The van der Waals surface area contributed by atoms with E-state index < -0.39 is 17.0 Å². The summed E-state index contributed by atoms with van der Waals surface area (Å²) in [6, 6.07) is 6.16. The summed E-state index contributed by atoms with van der Waals surface area (Å²) in [7, 11) is 2.02. The molecule has 1 atom stereocenters. The van der Waals surface area contributed by atoms with Crippen LogP contribution < -0.4 is 5.73 Å². The van der Waals surface area contributed by atoms with Gasteiger partial charge in [-0.1, -0.05) is 0 Å². The van der Waals surface area contributed by atoms with E-state index in [1.54, 1.807) is 6.92 Å². The highest BCUT2D eigenvalue weighted by atomic mass is 19.1. The first-order valence-electron chi connectivity index (χ1n) is 13.2. The van der Waals surface area contributed by atoms with E-state index in [9.17, 15) is 4.79 Å². The number of carbonyl (C=O) groups is 1. The summed E-state index contributed by atoms with van der Waals surface area (Å²) in [5.74, 6) is -1.91. The molecular formula is C29H33F2N5O3. The van der Waals surface area contributed by atoms with Crippen LogP contribution in [0.4, 0.5) is 14.5 Å². The number of hydrogen-bond donors (Lipinski definition) is 1. The Bertz CT molecular complexity index is 1440. The average Bonchev–Trinajstić information content (AvgIpc) is 3.63. The van der Waals surface area contributed by atoms with Crippen LogP contribution in [-0.4, -0.2) is 65.9 Å². The van der Waals surface area contributed by atoms with E-state index in [1.807, 2.05) is 36.7 Å². The second kappa shape index (κ2) is 10.9. The summed E-state index contributed by atoms with van der Waals surface area (Å²) >= 11 is 0. The van der Waals surface area contributed by atoms with Crippen molar-refractivity contribution in [2.75, 3.05) is 33.4 Å². The molecule has 1 aromatic carbocycles. The third-order valence-electron chi connectivity index (χ3n) is 7.35. The van der Waals surface area contributed by atoms with Crippen LogP contribution in [0.1, 0.15) is 31.0 Å². The molecule has 1 saturated carbocycles. The highest BCUT2D eigenvalue weighted by molar-refractivity contribution is 5.86. The minimum atomic E-state index is -0.822. The van der Waals surface area contributed by atoms with Gasteiger partial charge in [0.25, 0.3) is 0 Å². The zero-order chi connectivity index (χ0) is 27.7. The molecule has 0 bridgehead atoms. The zero-order valence-corrected chi connectivity index (χ0v) is 22.4. The Labute approximate surface area is 226 Å². The number of nitrogens with zero attached hydrogens (tertiary/aromatic N) is 4. The number of morpholine rings is 1. The second-order valence-corrected chi connectivity index (χ2v) is 10.3. The number of esters is 1. The molecule has 1 unspecified atom stereocenters. The first-order chi connectivity index (χ1) is 18.7. The maximum absolute atomic E-state index is 15.5. The smallest absolute Gasteiger partial charge is 0.318 e. The molecule has 10 heteroatoms. The molecule has 0 radical (unpaired) electrons. The third-order valence-corrected chi connectivity index (χ3v) is 7.35. The number of rotatable bonds is 8. The van der Waals surface area contributed by atoms with Crippen molar-refractivity contribution in [2.45, 2.75) is 39.2 Å². The first kappa shape index (κ1) is 27.0. The Balaban J connectivity index is 1.45. The molecule has 2 N–H and O–H groups in total. The molecule has 1 aliphatic heterocycles. The number of aromatic nitrogens is 2. The number of benzene rings is 1. The van der Waals surface area contributed by atoms with Crippen LogP contribution in [0.5, 0.6) is 0 Å². The SMILES string of the molecule is CCOC(=O)C1(C(N)=CC=Nc2cc(F)c(-c3nc4cc(C)ccn4c3CC3CN(C)CCO3)c(F)c2)CC1. The highest BCUT2D eigenvalue weighted by Gasteiger charge is 2.53. The Kier molecular flexibility index (Phi) is 7.51. The summed E-state index contributed by atoms with van der Waals surface area (Å²) in [6.45, 7) is 6.10. The van der Waals surface area contributed by atoms with E-state index in [1.165, 1.54) is 24.4 Å². The number of fused-ring (bicyclic) bond motifs is 1. The molecule has 206 valence electrons. The van der Waals surface area contributed by atoms with Crippen molar-refractivity contribution < 1.29 is 23.0 Å². The van der Waals surface area contributed by atoms with Gasteiger partial charge in [-0.15, -0.1) is 0 Å². The van der Waals surface area contributed by atoms with E-state index in [0.29, 0.717) is 49.5 Å². The van der Waals surface area contributed by atoms with Gasteiger partial charge < -0.3 is 24.5 Å². The fourth-order valence-corrected chi connectivity index (χ4v) is 5.03. The van der Waals surface area contributed by atoms with E-state index in [-0.39, 0.29) is 35.6 Å². The van der Waals surface area contributed by atoms with E-state index in [0.717, 1.165) is 12.1 Å². The van der Waals surface area contributed by atoms with Gasteiger partial charge in [0.1, 0.15) is 22.7 Å². The minimum Gasteiger partial charge on any atom is -0.465 e. The molecular weight excluding hydrogens is 504 g/mol. The molecule has 3 heterocycles. The number of nitrogens with two attached hydrogens (primary N) is 1. The monoisotopic (exact) mass is 537 g/mol. The number of imidazole rings is 1. The van der Waals surface area contributed by atoms with Crippen LogP contribution in [-0.2, 0) is 20.7 Å². The number of aryl methyl sites for hydroxylation is 1. The van der Waals surface area contributed by atoms with Crippen LogP contribution in [0.2, 0.25) is 0 Å². The number of halogens is 2. The molecule has 0 spiro atoms. The first-order valence-corrected chi connectivity index (χ1v) is 13.2. The molecule has 2 aliphatic rings. The molecule has 8 nitrogen and oxygen atoms in total. The molecule has 39 heavy (non-hydrogen) atoms. The van der Waals surface area contributed by atoms with Gasteiger partial charge in [-0.25, -0.2) is 13.8 Å². The minimum absolute atomic E-state index is 0.0807. The van der Waals surface area contributed by atoms with Crippen LogP contribution in [0.3, 0.4) is 0 Å². The predicted molar refractivity (Wildman–Crippen MR) is 145 cm³/mol. The Morgan fingerprint density at radius 2 is 2.05 bits per heavy atom. The lowest BCUT2D eigenvalue weighted by atomic mass is 10.0. The fourth-order valence-electron chi connectivity index (χ4n) is 5.03. The zero-order valence-electron chi connectivity index (χ0n) is 22.4. The van der Waals surface area contributed by atoms with Gasteiger partial charge in [0.15, 0.2) is 0 Å². The van der Waals surface area contributed by atoms with Crippen LogP contribution in [0, 0.1) is 24.0 Å². The quantitative estimate of drug-likeness (QED) is 0.339. The number of ether oxygens (including phenoxy) is 2. The van der Waals surface area contributed by atoms with Gasteiger partial charge in [0, 0.05) is 49.8 Å². The molecule has 2 aromatic heterocycles. The normalized spacial score (nSPS) is 19.6. The van der Waals surface area contributed by atoms with Crippen molar-refractivity contribution in [3.63, 3.8) is 0 Å². The molecule has 5 rings (SSSR count). The largest absolute Gasteiger partial charge is 0.465 e. The maximum Gasteiger partial charge on any atom is 0.318 e. The summed E-state index contributed by atoms with van der Waals surface area (Å²) in [6.07, 6.45) is 6.23. The predicted octanol–water partition coefficient (Wildman–Crippen LogP) is 4.35. The van der Waals surface area contributed by atoms with E-state index in [2.05, 4.69) is 14.9 Å². The lowest BCUT2D eigenvalue weighted by Crippen LogP contribution is -2.41. The number of aliphatic imine (C=N–C) groups is 1. The lowest BCUT2D eigenvalue weighted by Gasteiger charge is -2.30. The standard InChI is InChI=1S/C29H33F2N5O3/c1-4-38-28(37)29(7-8-29)24(32)5-9-33-19-14-21(30)26(22(31)15-19)27-23(16-20-17-35(3)11-12-39-20)36-10-6-18(2)13-25(36)34-27/h5-6,9-10,13-15,20H,4,7-8,11-12,16-17,32H2,1-3H3. The Morgan fingerprint density at radius 1 is 1.31 bits per heavy atom. The van der Waals surface area contributed by atoms with Crippen LogP contribution in [0.25, 0.3) is 16.9 Å². The summed E-state index contributed by atoms with van der Waals surface area (Å²) in [5.41, 5.74) is 8.03. The lowest BCUT2D eigenvalue weighted by molar-refractivity contribution is -0.148. The fraction of sp³-hybridized carbons (Fsp3) is 0.414. The molecule has 3 aromatic rings. The van der Waals surface area contributed by atoms with Crippen LogP contribution in [0.15, 0.2) is 47.2 Å².